The van der Waals surface area contributed by atoms with Gasteiger partial charge in [-0.3, -0.25) is 0 Å². The van der Waals surface area contributed by atoms with Gasteiger partial charge >= 0.3 is 26.2 Å². The Morgan fingerprint density at radius 2 is 0.900 bits per heavy atom. The largest absolute Gasteiger partial charge is 4.00 e. The van der Waals surface area contributed by atoms with Crippen LogP contribution in [0.1, 0.15) is 22.3 Å². The normalized spacial score (nSPS) is 11.2. The van der Waals surface area contributed by atoms with Gasteiger partial charge in [0.05, 0.1) is 0 Å². The van der Waals surface area contributed by atoms with E-state index in [0.29, 0.717) is 0 Å². The second-order valence-electron chi connectivity index (χ2n) is 11.3. The number of hydrogen-bond acceptors (Lipinski definition) is 0. The van der Waals surface area contributed by atoms with Crippen molar-refractivity contribution < 1.29 is 51.0 Å². The molecule has 0 unspecified atom stereocenters. The van der Waals surface area contributed by atoms with Crippen molar-refractivity contribution in [3.8, 4) is 22.3 Å². The summed E-state index contributed by atoms with van der Waals surface area (Å²) >= 11 is 0. The molecule has 0 saturated carbocycles. The molecule has 0 N–H and O–H groups in total. The molecule has 0 radical (unpaired) electrons. The minimum atomic E-state index is -2.12. The molecular weight excluding hydrogens is 623 g/mol. The van der Waals surface area contributed by atoms with E-state index in [1.165, 1.54) is 66.1 Å². The molecule has 0 bridgehead atoms. The average Bonchev–Trinajstić information content (AvgIpc) is 3.39. The number of fused-ring (bicyclic) bond motifs is 2. The molecule has 0 heterocycles. The van der Waals surface area contributed by atoms with E-state index < -0.39 is 8.07 Å². The number of rotatable bonds is 4. The molecule has 0 nitrogen and oxygen atoms in total. The standard InChI is InChI=1S/C36H34Si.2ClH.Zr/c1-23-11-7-13-27(19-23)31-17-9-15-29-21-25(3)35(33(29)31)37(5,6)36-26(4)22-30-16-10-18-32(34(30)36)28-14-8-12-24(2)20-28;;;/h7-22H,1-6H3;2*1H;/q-2;;;+4/p-2. The summed E-state index contributed by atoms with van der Waals surface area (Å²) in [7, 11) is -2.12. The fourth-order valence-electron chi connectivity index (χ4n) is 6.79. The molecule has 6 rings (SSSR count). The van der Waals surface area contributed by atoms with E-state index >= 15 is 0 Å². The Balaban J connectivity index is 0.00000147. The molecule has 40 heavy (non-hydrogen) atoms. The number of halogens is 2. The van der Waals surface area contributed by atoms with E-state index in [2.05, 4.69) is 138 Å². The van der Waals surface area contributed by atoms with Gasteiger partial charge in [0.25, 0.3) is 0 Å². The zero-order chi connectivity index (χ0) is 25.9. The maximum atomic E-state index is 2.57. The van der Waals surface area contributed by atoms with Crippen LogP contribution in [0.4, 0.5) is 0 Å². The van der Waals surface area contributed by atoms with E-state index in [9.17, 15) is 0 Å². The molecule has 0 aliphatic rings. The monoisotopic (exact) mass is 654 g/mol. The zero-order valence-corrected chi connectivity index (χ0v) is 29.0. The molecule has 0 saturated heterocycles. The summed E-state index contributed by atoms with van der Waals surface area (Å²) in [4.78, 5) is 0. The Morgan fingerprint density at radius 1 is 0.525 bits per heavy atom. The van der Waals surface area contributed by atoms with Crippen molar-refractivity contribution >= 4 is 40.0 Å². The topological polar surface area (TPSA) is 0 Å². The first-order chi connectivity index (χ1) is 17.8. The van der Waals surface area contributed by atoms with Gasteiger partial charge in [-0.2, -0.15) is 10.4 Å². The number of hydrogen-bond donors (Lipinski definition) is 0. The molecule has 0 aliphatic heterocycles. The first-order valence-electron chi connectivity index (χ1n) is 13.3. The Bertz CT molecular complexity index is 1670. The van der Waals surface area contributed by atoms with Crippen molar-refractivity contribution in [3.63, 3.8) is 0 Å². The van der Waals surface area contributed by atoms with Gasteiger partial charge in [-0.25, -0.2) is 0 Å². The summed E-state index contributed by atoms with van der Waals surface area (Å²) in [6, 6.07) is 36.4. The van der Waals surface area contributed by atoms with Gasteiger partial charge in [-0.05, 0) is 25.0 Å². The molecular formula is C36H34Cl2SiZr. The van der Waals surface area contributed by atoms with Gasteiger partial charge in [-0.15, -0.1) is 69.1 Å². The van der Waals surface area contributed by atoms with Crippen LogP contribution in [0.15, 0.2) is 97.1 Å². The van der Waals surface area contributed by atoms with E-state index in [-0.39, 0.29) is 51.0 Å². The fraction of sp³-hybridized carbons (Fsp3) is 0.167. The fourth-order valence-corrected chi connectivity index (χ4v) is 11.0. The van der Waals surface area contributed by atoms with E-state index in [4.69, 9.17) is 0 Å². The van der Waals surface area contributed by atoms with Gasteiger partial charge in [0.15, 0.2) is 0 Å². The SMILES string of the molecule is Cc1cccc(-c2cccc3[cH-]c(C)c([Si](C)(C)c4c(C)[cH-]c5cccc(-c6cccc(C)c6)c45)c23)c1.[Cl-].[Cl-].[Zr+4]. The van der Waals surface area contributed by atoms with Gasteiger partial charge < -0.3 is 24.8 Å². The van der Waals surface area contributed by atoms with Crippen LogP contribution in [0.2, 0.25) is 13.1 Å². The second-order valence-corrected chi connectivity index (χ2v) is 15.6. The average molecular weight is 657 g/mol. The number of aryl methyl sites for hydroxylation is 4. The van der Waals surface area contributed by atoms with Gasteiger partial charge in [0.2, 0.25) is 0 Å². The van der Waals surface area contributed by atoms with Crippen LogP contribution < -0.4 is 35.2 Å². The Hall–Kier alpha value is -2.22. The first kappa shape index (κ1) is 32.3. The Labute approximate surface area is 271 Å². The van der Waals surface area contributed by atoms with Crippen molar-refractivity contribution in [2.75, 3.05) is 0 Å². The molecule has 4 heteroatoms. The summed E-state index contributed by atoms with van der Waals surface area (Å²) in [6.07, 6.45) is 0. The molecule has 0 spiro atoms. The van der Waals surface area contributed by atoms with Crippen molar-refractivity contribution in [1.82, 2.24) is 0 Å². The summed E-state index contributed by atoms with van der Waals surface area (Å²) in [5.74, 6) is 0. The van der Waals surface area contributed by atoms with Crippen LogP contribution in [0, 0.1) is 27.7 Å². The predicted octanol–water partition coefficient (Wildman–Crippen LogP) is 2.83. The third kappa shape index (κ3) is 5.37. The van der Waals surface area contributed by atoms with Gasteiger partial charge in [0, 0.05) is 8.07 Å². The smallest absolute Gasteiger partial charge is 1.00 e. The van der Waals surface area contributed by atoms with E-state index in [1.807, 2.05) is 0 Å². The summed E-state index contributed by atoms with van der Waals surface area (Å²) in [5.41, 5.74) is 10.8. The molecule has 0 aliphatic carbocycles. The van der Waals surface area contributed by atoms with Crippen molar-refractivity contribution in [3.05, 3.63) is 119 Å². The first-order valence-corrected chi connectivity index (χ1v) is 16.3. The van der Waals surface area contributed by atoms with Gasteiger partial charge in [-0.1, -0.05) is 110 Å². The van der Waals surface area contributed by atoms with Crippen LogP contribution in [-0.4, -0.2) is 8.07 Å². The van der Waals surface area contributed by atoms with Crippen LogP contribution >= 0.6 is 0 Å². The van der Waals surface area contributed by atoms with E-state index in [1.54, 1.807) is 10.4 Å². The third-order valence-corrected chi connectivity index (χ3v) is 11.9. The van der Waals surface area contributed by atoms with Crippen LogP contribution in [0.25, 0.3) is 43.8 Å². The molecule has 6 aromatic rings. The maximum absolute atomic E-state index is 2.57. The van der Waals surface area contributed by atoms with E-state index in [0.717, 1.165) is 0 Å². The quantitative estimate of drug-likeness (QED) is 0.203. The predicted molar refractivity (Wildman–Crippen MR) is 166 cm³/mol. The van der Waals surface area contributed by atoms with Crippen LogP contribution in [0.5, 0.6) is 0 Å². The minimum Gasteiger partial charge on any atom is -1.00 e. The van der Waals surface area contributed by atoms with Crippen molar-refractivity contribution in [1.29, 1.82) is 0 Å². The Morgan fingerprint density at radius 3 is 1.27 bits per heavy atom. The maximum Gasteiger partial charge on any atom is 4.00 e. The molecule has 6 aromatic carbocycles. The molecule has 0 atom stereocenters. The summed E-state index contributed by atoms with van der Waals surface area (Å²) < 4.78 is 0. The second kappa shape index (κ2) is 12.3. The number of benzene rings is 4. The van der Waals surface area contributed by atoms with Crippen LogP contribution in [-0.2, 0) is 26.2 Å². The van der Waals surface area contributed by atoms with Crippen molar-refractivity contribution in [2.45, 2.75) is 40.8 Å². The molecule has 200 valence electrons. The van der Waals surface area contributed by atoms with Gasteiger partial charge in [0.1, 0.15) is 0 Å². The summed E-state index contributed by atoms with van der Waals surface area (Å²) in [5, 5.41) is 8.77. The molecule has 0 aromatic heterocycles. The van der Waals surface area contributed by atoms with Crippen LogP contribution in [0.3, 0.4) is 0 Å². The molecule has 0 fully saturated rings. The third-order valence-electron chi connectivity index (χ3n) is 8.13. The zero-order valence-electron chi connectivity index (χ0n) is 24.0. The Kier molecular flexibility index (Phi) is 9.96. The molecule has 0 amide bonds. The summed E-state index contributed by atoms with van der Waals surface area (Å²) in [6.45, 7) is 14.2. The van der Waals surface area contributed by atoms with Crippen molar-refractivity contribution in [2.24, 2.45) is 0 Å². The minimum absolute atomic E-state index is 0.